The standard InChI is InChI=1S/C14H20N2O/c1-3-15-14(17)12-6-7-13(10(2)8-12)16-9-11-4-5-11/h6-8,11,16H,3-5,9H2,1-2H3,(H,15,17). The monoisotopic (exact) mass is 232 g/mol. The van der Waals surface area contributed by atoms with Crippen molar-refractivity contribution in [3.8, 4) is 0 Å². The van der Waals surface area contributed by atoms with Crippen LogP contribution in [0, 0.1) is 12.8 Å². The minimum atomic E-state index is 0.00402. The van der Waals surface area contributed by atoms with Crippen LogP contribution < -0.4 is 10.6 Å². The molecule has 92 valence electrons. The van der Waals surface area contributed by atoms with E-state index >= 15 is 0 Å². The summed E-state index contributed by atoms with van der Waals surface area (Å²) in [6.07, 6.45) is 2.70. The van der Waals surface area contributed by atoms with Crippen molar-refractivity contribution in [3.63, 3.8) is 0 Å². The largest absolute Gasteiger partial charge is 0.385 e. The molecule has 0 saturated heterocycles. The lowest BCUT2D eigenvalue weighted by Gasteiger charge is -2.10. The summed E-state index contributed by atoms with van der Waals surface area (Å²) in [6.45, 7) is 5.69. The molecule has 0 unspecified atom stereocenters. The molecule has 1 fully saturated rings. The van der Waals surface area contributed by atoms with E-state index in [4.69, 9.17) is 0 Å². The van der Waals surface area contributed by atoms with Crippen molar-refractivity contribution in [1.29, 1.82) is 0 Å². The first kappa shape index (κ1) is 12.0. The number of carbonyl (C=O) groups excluding carboxylic acids is 1. The normalized spacial score (nSPS) is 14.5. The summed E-state index contributed by atoms with van der Waals surface area (Å²) < 4.78 is 0. The Balaban J connectivity index is 2.01. The van der Waals surface area contributed by atoms with Crippen LogP contribution in [-0.2, 0) is 0 Å². The molecule has 0 spiro atoms. The predicted octanol–water partition coefficient (Wildman–Crippen LogP) is 2.57. The van der Waals surface area contributed by atoms with E-state index < -0.39 is 0 Å². The summed E-state index contributed by atoms with van der Waals surface area (Å²) >= 11 is 0. The van der Waals surface area contributed by atoms with Crippen molar-refractivity contribution in [1.82, 2.24) is 5.32 Å². The van der Waals surface area contributed by atoms with Gasteiger partial charge in [-0.2, -0.15) is 0 Å². The van der Waals surface area contributed by atoms with Crippen LogP contribution in [0.25, 0.3) is 0 Å². The molecule has 3 heteroatoms. The van der Waals surface area contributed by atoms with Crippen molar-refractivity contribution in [2.45, 2.75) is 26.7 Å². The van der Waals surface area contributed by atoms with E-state index in [1.165, 1.54) is 12.8 Å². The number of benzene rings is 1. The first-order valence-corrected chi connectivity index (χ1v) is 6.33. The molecule has 0 heterocycles. The third kappa shape index (κ3) is 3.22. The maximum atomic E-state index is 11.7. The van der Waals surface area contributed by atoms with Crippen molar-refractivity contribution >= 4 is 11.6 Å². The van der Waals surface area contributed by atoms with Gasteiger partial charge in [-0.3, -0.25) is 4.79 Å². The fourth-order valence-corrected chi connectivity index (χ4v) is 1.84. The topological polar surface area (TPSA) is 41.1 Å². The second kappa shape index (κ2) is 5.21. The highest BCUT2D eigenvalue weighted by Crippen LogP contribution is 2.29. The first-order valence-electron chi connectivity index (χ1n) is 6.33. The Bertz CT molecular complexity index is 411. The van der Waals surface area contributed by atoms with Gasteiger partial charge in [-0.15, -0.1) is 0 Å². The zero-order chi connectivity index (χ0) is 12.3. The number of aryl methyl sites for hydroxylation is 1. The Morgan fingerprint density at radius 2 is 2.18 bits per heavy atom. The number of anilines is 1. The molecule has 0 bridgehead atoms. The maximum Gasteiger partial charge on any atom is 0.251 e. The quantitative estimate of drug-likeness (QED) is 0.819. The van der Waals surface area contributed by atoms with Gasteiger partial charge in [0.15, 0.2) is 0 Å². The average Bonchev–Trinajstić information content (AvgIpc) is 3.11. The molecular weight excluding hydrogens is 212 g/mol. The molecule has 2 N–H and O–H groups in total. The van der Waals surface area contributed by atoms with Crippen LogP contribution in [0.5, 0.6) is 0 Å². The van der Waals surface area contributed by atoms with E-state index in [-0.39, 0.29) is 5.91 Å². The van der Waals surface area contributed by atoms with E-state index in [9.17, 15) is 4.79 Å². The number of amides is 1. The molecule has 0 radical (unpaired) electrons. The van der Waals surface area contributed by atoms with Gasteiger partial charge in [0.1, 0.15) is 0 Å². The fourth-order valence-electron chi connectivity index (χ4n) is 1.84. The number of nitrogens with one attached hydrogen (secondary N) is 2. The fraction of sp³-hybridized carbons (Fsp3) is 0.500. The molecule has 1 aliphatic rings. The minimum Gasteiger partial charge on any atom is -0.385 e. The van der Waals surface area contributed by atoms with Crippen molar-refractivity contribution in [2.75, 3.05) is 18.4 Å². The summed E-state index contributed by atoms with van der Waals surface area (Å²) in [7, 11) is 0. The molecule has 17 heavy (non-hydrogen) atoms. The van der Waals surface area contributed by atoms with Crippen LogP contribution in [0.15, 0.2) is 18.2 Å². The Hall–Kier alpha value is -1.51. The highest BCUT2D eigenvalue weighted by Gasteiger charge is 2.20. The van der Waals surface area contributed by atoms with Gasteiger partial charge in [-0.05, 0) is 56.4 Å². The molecule has 2 rings (SSSR count). The van der Waals surface area contributed by atoms with Crippen LogP contribution >= 0.6 is 0 Å². The van der Waals surface area contributed by atoms with Crippen molar-refractivity contribution in [3.05, 3.63) is 29.3 Å². The van der Waals surface area contributed by atoms with Gasteiger partial charge in [-0.25, -0.2) is 0 Å². The SMILES string of the molecule is CCNC(=O)c1ccc(NCC2CC2)c(C)c1. The van der Waals surface area contributed by atoms with E-state index in [0.29, 0.717) is 6.54 Å². The molecule has 0 aromatic heterocycles. The summed E-state index contributed by atoms with van der Waals surface area (Å²) in [4.78, 5) is 11.7. The van der Waals surface area contributed by atoms with Gasteiger partial charge in [0.05, 0.1) is 0 Å². The second-order valence-electron chi connectivity index (χ2n) is 4.71. The van der Waals surface area contributed by atoms with Crippen molar-refractivity contribution < 1.29 is 4.79 Å². The van der Waals surface area contributed by atoms with Crippen LogP contribution in [0.4, 0.5) is 5.69 Å². The summed E-state index contributed by atoms with van der Waals surface area (Å²) in [5.41, 5.74) is 3.01. The highest BCUT2D eigenvalue weighted by molar-refractivity contribution is 5.94. The van der Waals surface area contributed by atoms with E-state index in [1.807, 2.05) is 32.0 Å². The smallest absolute Gasteiger partial charge is 0.251 e. The van der Waals surface area contributed by atoms with Crippen LogP contribution in [0.1, 0.15) is 35.7 Å². The average molecular weight is 232 g/mol. The summed E-state index contributed by atoms with van der Waals surface area (Å²) in [5.74, 6) is 0.863. The van der Waals surface area contributed by atoms with Crippen LogP contribution in [0.2, 0.25) is 0 Å². The van der Waals surface area contributed by atoms with Gasteiger partial charge in [0.25, 0.3) is 5.91 Å². The third-order valence-corrected chi connectivity index (χ3v) is 3.10. The molecule has 0 aliphatic heterocycles. The van der Waals surface area contributed by atoms with Crippen LogP contribution in [-0.4, -0.2) is 19.0 Å². The molecule has 1 aromatic carbocycles. The molecule has 1 aliphatic carbocycles. The van der Waals surface area contributed by atoms with Crippen molar-refractivity contribution in [2.24, 2.45) is 5.92 Å². The van der Waals surface area contributed by atoms with E-state index in [2.05, 4.69) is 10.6 Å². The maximum absolute atomic E-state index is 11.7. The highest BCUT2D eigenvalue weighted by atomic mass is 16.1. The zero-order valence-corrected chi connectivity index (χ0v) is 10.5. The zero-order valence-electron chi connectivity index (χ0n) is 10.5. The van der Waals surface area contributed by atoms with E-state index in [1.54, 1.807) is 0 Å². The summed E-state index contributed by atoms with van der Waals surface area (Å²) in [6, 6.07) is 5.83. The van der Waals surface area contributed by atoms with Gasteiger partial charge in [-0.1, -0.05) is 0 Å². The third-order valence-electron chi connectivity index (χ3n) is 3.10. The Morgan fingerprint density at radius 3 is 2.76 bits per heavy atom. The van der Waals surface area contributed by atoms with Gasteiger partial charge in [0, 0.05) is 24.3 Å². The predicted molar refractivity (Wildman–Crippen MR) is 70.4 cm³/mol. The number of rotatable bonds is 5. The second-order valence-corrected chi connectivity index (χ2v) is 4.71. The Kier molecular flexibility index (Phi) is 3.67. The lowest BCUT2D eigenvalue weighted by atomic mass is 10.1. The Labute approximate surface area is 103 Å². The Morgan fingerprint density at radius 1 is 1.41 bits per heavy atom. The number of hydrogen-bond donors (Lipinski definition) is 2. The molecule has 3 nitrogen and oxygen atoms in total. The number of hydrogen-bond acceptors (Lipinski definition) is 2. The van der Waals surface area contributed by atoms with E-state index in [0.717, 1.165) is 29.3 Å². The van der Waals surface area contributed by atoms with Gasteiger partial charge < -0.3 is 10.6 Å². The first-order chi connectivity index (χ1) is 8.20. The molecule has 0 atom stereocenters. The lowest BCUT2D eigenvalue weighted by Crippen LogP contribution is -2.22. The molecule has 1 aromatic rings. The van der Waals surface area contributed by atoms with Gasteiger partial charge >= 0.3 is 0 Å². The minimum absolute atomic E-state index is 0.00402. The lowest BCUT2D eigenvalue weighted by molar-refractivity contribution is 0.0956. The molecular formula is C14H20N2O. The molecule has 1 amide bonds. The summed E-state index contributed by atoms with van der Waals surface area (Å²) in [5, 5.41) is 6.25. The number of carbonyl (C=O) groups is 1. The van der Waals surface area contributed by atoms with Crippen LogP contribution in [0.3, 0.4) is 0 Å². The van der Waals surface area contributed by atoms with Gasteiger partial charge in [0.2, 0.25) is 0 Å². The molecule has 1 saturated carbocycles.